The van der Waals surface area contributed by atoms with Crippen LogP contribution in [0.2, 0.25) is 0 Å². The zero-order valence-corrected chi connectivity index (χ0v) is 23.8. The van der Waals surface area contributed by atoms with Crippen molar-refractivity contribution in [2.24, 2.45) is 5.92 Å². The van der Waals surface area contributed by atoms with Crippen molar-refractivity contribution in [3.05, 3.63) is 64.4 Å². The van der Waals surface area contributed by atoms with Gasteiger partial charge >= 0.3 is 0 Å². The Labute approximate surface area is 235 Å². The number of nitrogens with zero attached hydrogens (tertiary/aromatic N) is 1. The van der Waals surface area contributed by atoms with Crippen molar-refractivity contribution in [1.82, 2.24) is 5.32 Å². The highest BCUT2D eigenvalue weighted by Crippen LogP contribution is 2.44. The van der Waals surface area contributed by atoms with Gasteiger partial charge in [0.2, 0.25) is 5.91 Å². The molecule has 3 aromatic rings. The fourth-order valence-corrected chi connectivity index (χ4v) is 5.74. The third kappa shape index (κ3) is 5.10. The molecule has 1 spiro atoms. The number of ether oxygens (including phenoxy) is 3. The SMILES string of the molecule is CC[C@@H](C)C(=O)N[C@@H]1C(=O)N(Cc2c(OC)ccc3cc(Br)ccc23)c2cccc(F)c2OC12CCOCC2. The molecule has 2 heterocycles. The number of nitrogens with one attached hydrogen (secondary N) is 1. The minimum atomic E-state index is -1.15. The molecule has 0 bridgehead atoms. The Morgan fingerprint density at radius 1 is 1.23 bits per heavy atom. The third-order valence-electron chi connectivity index (χ3n) is 7.85. The highest BCUT2D eigenvalue weighted by molar-refractivity contribution is 9.10. The van der Waals surface area contributed by atoms with Gasteiger partial charge in [-0.25, -0.2) is 4.39 Å². The molecule has 7 nitrogen and oxygen atoms in total. The van der Waals surface area contributed by atoms with Gasteiger partial charge < -0.3 is 24.4 Å². The van der Waals surface area contributed by atoms with Crippen molar-refractivity contribution in [2.45, 2.75) is 51.3 Å². The molecule has 0 radical (unpaired) electrons. The number of amides is 2. The van der Waals surface area contributed by atoms with Crippen LogP contribution < -0.4 is 19.7 Å². The summed E-state index contributed by atoms with van der Waals surface area (Å²) >= 11 is 3.52. The number of methoxy groups -OCH3 is 1. The van der Waals surface area contributed by atoms with Gasteiger partial charge in [-0.2, -0.15) is 0 Å². The summed E-state index contributed by atoms with van der Waals surface area (Å²) in [6.45, 7) is 4.49. The normalized spacial score (nSPS) is 19.3. The second kappa shape index (κ2) is 11.1. The molecular formula is C30H32BrFN2O5. The van der Waals surface area contributed by atoms with E-state index in [1.165, 1.54) is 11.0 Å². The first-order valence-electron chi connectivity index (χ1n) is 13.2. The van der Waals surface area contributed by atoms with Crippen LogP contribution in [0.25, 0.3) is 10.8 Å². The molecule has 0 unspecified atom stereocenters. The first kappa shape index (κ1) is 27.4. The minimum Gasteiger partial charge on any atom is -0.496 e. The number of halogens is 2. The zero-order valence-electron chi connectivity index (χ0n) is 22.3. The van der Waals surface area contributed by atoms with E-state index in [0.717, 1.165) is 20.8 Å². The largest absolute Gasteiger partial charge is 0.496 e. The predicted molar refractivity (Wildman–Crippen MR) is 151 cm³/mol. The molecule has 5 rings (SSSR count). The molecule has 39 heavy (non-hydrogen) atoms. The molecule has 0 aliphatic carbocycles. The Hall–Kier alpha value is -3.17. The number of benzene rings is 3. The van der Waals surface area contributed by atoms with E-state index in [1.807, 2.05) is 44.2 Å². The lowest BCUT2D eigenvalue weighted by Gasteiger charge is -2.41. The maximum absolute atomic E-state index is 15.4. The van der Waals surface area contributed by atoms with E-state index in [4.69, 9.17) is 14.2 Å². The highest BCUT2D eigenvalue weighted by atomic mass is 79.9. The fraction of sp³-hybridized carbons (Fsp3) is 0.400. The van der Waals surface area contributed by atoms with Crippen LogP contribution in [0.5, 0.6) is 11.5 Å². The van der Waals surface area contributed by atoms with E-state index >= 15 is 4.39 Å². The molecule has 3 aromatic carbocycles. The lowest BCUT2D eigenvalue weighted by Crippen LogP contribution is -2.64. The first-order valence-corrected chi connectivity index (χ1v) is 14.0. The second-order valence-corrected chi connectivity index (χ2v) is 11.1. The number of hydrogen-bond donors (Lipinski definition) is 1. The van der Waals surface area contributed by atoms with Crippen LogP contribution in [-0.2, 0) is 20.9 Å². The van der Waals surface area contributed by atoms with Crippen LogP contribution in [0.1, 0.15) is 38.7 Å². The third-order valence-corrected chi connectivity index (χ3v) is 8.35. The van der Waals surface area contributed by atoms with E-state index in [0.29, 0.717) is 43.9 Å². The van der Waals surface area contributed by atoms with Crippen LogP contribution in [0, 0.1) is 11.7 Å². The number of hydrogen-bond acceptors (Lipinski definition) is 5. The first-order chi connectivity index (χ1) is 18.8. The summed E-state index contributed by atoms with van der Waals surface area (Å²) in [5, 5.41) is 4.85. The molecular weight excluding hydrogens is 567 g/mol. The van der Waals surface area contributed by atoms with Crippen molar-refractivity contribution < 1.29 is 28.2 Å². The van der Waals surface area contributed by atoms with E-state index < -0.39 is 17.5 Å². The Morgan fingerprint density at radius 2 is 2.00 bits per heavy atom. The molecule has 1 N–H and O–H groups in total. The summed E-state index contributed by atoms with van der Waals surface area (Å²) in [7, 11) is 1.58. The van der Waals surface area contributed by atoms with Gasteiger partial charge in [0.05, 0.1) is 32.6 Å². The van der Waals surface area contributed by atoms with Crippen molar-refractivity contribution in [1.29, 1.82) is 0 Å². The van der Waals surface area contributed by atoms with Crippen LogP contribution in [0.4, 0.5) is 10.1 Å². The van der Waals surface area contributed by atoms with Crippen LogP contribution >= 0.6 is 15.9 Å². The van der Waals surface area contributed by atoms with Crippen molar-refractivity contribution >= 4 is 44.2 Å². The van der Waals surface area contributed by atoms with Crippen LogP contribution in [0.3, 0.4) is 0 Å². The zero-order chi connectivity index (χ0) is 27.7. The number of rotatable bonds is 6. The summed E-state index contributed by atoms with van der Waals surface area (Å²) < 4.78 is 34.1. The van der Waals surface area contributed by atoms with E-state index in [1.54, 1.807) is 19.2 Å². The molecule has 9 heteroatoms. The molecule has 2 aliphatic heterocycles. The lowest BCUT2D eigenvalue weighted by molar-refractivity contribution is -0.139. The van der Waals surface area contributed by atoms with Crippen LogP contribution in [-0.4, -0.2) is 43.8 Å². The Morgan fingerprint density at radius 3 is 2.72 bits per heavy atom. The van der Waals surface area contributed by atoms with Crippen molar-refractivity contribution in [3.63, 3.8) is 0 Å². The Bertz CT molecular complexity index is 1410. The van der Waals surface area contributed by atoms with Crippen molar-refractivity contribution in [3.8, 4) is 11.5 Å². The molecule has 206 valence electrons. The van der Waals surface area contributed by atoms with E-state index in [9.17, 15) is 9.59 Å². The van der Waals surface area contributed by atoms with Crippen LogP contribution in [0.15, 0.2) is 53.0 Å². The van der Waals surface area contributed by atoms with Gasteiger partial charge in [0.15, 0.2) is 11.6 Å². The van der Waals surface area contributed by atoms with Crippen molar-refractivity contribution in [2.75, 3.05) is 25.2 Å². The smallest absolute Gasteiger partial charge is 0.254 e. The maximum Gasteiger partial charge on any atom is 0.254 e. The van der Waals surface area contributed by atoms with Gasteiger partial charge in [-0.3, -0.25) is 9.59 Å². The Kier molecular flexibility index (Phi) is 7.82. The van der Waals surface area contributed by atoms with Gasteiger partial charge in [-0.15, -0.1) is 0 Å². The number of anilines is 1. The molecule has 1 saturated heterocycles. The van der Waals surface area contributed by atoms with E-state index in [-0.39, 0.29) is 30.0 Å². The standard InChI is InChI=1S/C30H32BrFN2O5/c1-4-18(2)28(35)33-27-29(36)34(17-22-21-10-9-20(31)16-19(21)8-11-25(22)37-3)24-7-5-6-23(32)26(24)39-30(27)12-14-38-15-13-30/h5-11,16,18,27H,4,12-15,17H2,1-3H3,(H,33,35)/t18-,27-/m1/s1. The van der Waals surface area contributed by atoms with Gasteiger partial charge in [-0.05, 0) is 47.5 Å². The maximum atomic E-state index is 15.4. The molecule has 1 fully saturated rings. The summed E-state index contributed by atoms with van der Waals surface area (Å²) in [4.78, 5) is 29.2. The molecule has 2 atom stereocenters. The average Bonchev–Trinajstić information content (AvgIpc) is 3.03. The second-order valence-electron chi connectivity index (χ2n) is 10.2. The summed E-state index contributed by atoms with van der Waals surface area (Å²) in [5.41, 5.74) is -0.0824. The monoisotopic (exact) mass is 598 g/mol. The molecule has 0 saturated carbocycles. The average molecular weight is 599 g/mol. The predicted octanol–water partition coefficient (Wildman–Crippen LogP) is 5.76. The summed E-state index contributed by atoms with van der Waals surface area (Å²) in [6.07, 6.45) is 1.28. The number of fused-ring (bicyclic) bond motifs is 2. The summed E-state index contributed by atoms with van der Waals surface area (Å²) in [5.74, 6) is -0.893. The van der Waals surface area contributed by atoms with Gasteiger partial charge in [0, 0.05) is 28.8 Å². The number of carbonyl (C=O) groups is 2. The van der Waals surface area contributed by atoms with Gasteiger partial charge in [0.25, 0.3) is 5.91 Å². The number of para-hydroxylation sites is 1. The quantitative estimate of drug-likeness (QED) is 0.390. The Balaban J connectivity index is 1.67. The van der Waals surface area contributed by atoms with Gasteiger partial charge in [-0.1, -0.05) is 48.0 Å². The minimum absolute atomic E-state index is 0.00464. The molecule has 2 amide bonds. The topological polar surface area (TPSA) is 77.1 Å². The fourth-order valence-electron chi connectivity index (χ4n) is 5.36. The van der Waals surface area contributed by atoms with E-state index in [2.05, 4.69) is 21.2 Å². The molecule has 2 aliphatic rings. The summed E-state index contributed by atoms with van der Waals surface area (Å²) in [6, 6.07) is 13.2. The van der Waals surface area contributed by atoms with Gasteiger partial charge in [0.1, 0.15) is 17.4 Å². The highest BCUT2D eigenvalue weighted by Gasteiger charge is 2.52. The lowest BCUT2D eigenvalue weighted by atomic mass is 9.84. The number of carbonyl (C=O) groups excluding carboxylic acids is 2. The molecule has 0 aromatic heterocycles.